The number of aromatic nitrogens is 2. The van der Waals surface area contributed by atoms with Crippen LogP contribution in [-0.2, 0) is 6.18 Å². The molecule has 6 nitrogen and oxygen atoms in total. The van der Waals surface area contributed by atoms with Gasteiger partial charge in [-0.3, -0.25) is 0 Å². The van der Waals surface area contributed by atoms with E-state index in [1.54, 1.807) is 48.5 Å². The maximum absolute atomic E-state index is 13.5. The highest BCUT2D eigenvalue weighted by atomic mass is 19.4. The van der Waals surface area contributed by atoms with Crippen LogP contribution in [0.2, 0.25) is 0 Å². The highest BCUT2D eigenvalue weighted by molar-refractivity contribution is 5.64. The normalized spacial score (nSPS) is 12.2. The summed E-state index contributed by atoms with van der Waals surface area (Å²) in [5.74, 6) is 0.864. The summed E-state index contributed by atoms with van der Waals surface area (Å²) < 4.78 is 51.2. The second kappa shape index (κ2) is 9.55. The Morgan fingerprint density at radius 2 is 1.74 bits per heavy atom. The molecule has 9 heteroatoms. The first kappa shape index (κ1) is 22.2. The third kappa shape index (κ3) is 6.00. The molecule has 1 aromatic heterocycles. The summed E-state index contributed by atoms with van der Waals surface area (Å²) in [6.07, 6.45) is -2.91. The highest BCUT2D eigenvalue weighted by Crippen LogP contribution is 2.35. The molecule has 3 rings (SSSR count). The number of hydrogen-bond donors (Lipinski definition) is 2. The molecular formula is C22H23F3N4O2. The van der Waals surface area contributed by atoms with Crippen molar-refractivity contribution in [3.8, 4) is 11.5 Å². The van der Waals surface area contributed by atoms with E-state index in [1.165, 1.54) is 7.11 Å². The molecule has 0 radical (unpaired) electrons. The fourth-order valence-electron chi connectivity index (χ4n) is 2.64. The Balaban J connectivity index is 1.84. The topological polar surface area (TPSA) is 68.3 Å². The number of hydrogen-bond acceptors (Lipinski definition) is 6. The fraction of sp³-hybridized carbons (Fsp3) is 0.273. The van der Waals surface area contributed by atoms with Crippen molar-refractivity contribution >= 4 is 23.1 Å². The second-order valence-corrected chi connectivity index (χ2v) is 6.80. The average Bonchev–Trinajstić information content (AvgIpc) is 2.74. The number of nitrogens with one attached hydrogen (secondary N) is 2. The molecule has 0 aliphatic carbocycles. The lowest BCUT2D eigenvalue weighted by Crippen LogP contribution is -2.12. The van der Waals surface area contributed by atoms with Crippen LogP contribution in [0.5, 0.6) is 11.5 Å². The number of halogens is 3. The lowest BCUT2D eigenvalue weighted by atomic mass is 10.2. The van der Waals surface area contributed by atoms with Crippen LogP contribution in [0, 0.1) is 0 Å². The van der Waals surface area contributed by atoms with E-state index in [9.17, 15) is 13.2 Å². The molecule has 2 aromatic carbocycles. The molecule has 0 fully saturated rings. The Morgan fingerprint density at radius 3 is 2.39 bits per heavy atom. The summed E-state index contributed by atoms with van der Waals surface area (Å²) in [5, 5.41) is 5.62. The minimum Gasteiger partial charge on any atom is -0.497 e. The van der Waals surface area contributed by atoms with Crippen LogP contribution in [0.15, 0.2) is 54.7 Å². The van der Waals surface area contributed by atoms with Crippen LogP contribution in [0.4, 0.5) is 36.3 Å². The van der Waals surface area contributed by atoms with E-state index in [2.05, 4.69) is 20.6 Å². The largest absolute Gasteiger partial charge is 0.497 e. The van der Waals surface area contributed by atoms with Gasteiger partial charge in [-0.2, -0.15) is 18.2 Å². The molecule has 0 spiro atoms. The molecule has 2 N–H and O–H groups in total. The van der Waals surface area contributed by atoms with Crippen LogP contribution >= 0.6 is 0 Å². The number of nitrogens with zero attached hydrogens (tertiary/aromatic N) is 2. The summed E-state index contributed by atoms with van der Waals surface area (Å²) >= 11 is 0. The van der Waals surface area contributed by atoms with Crippen molar-refractivity contribution in [3.63, 3.8) is 0 Å². The van der Waals surface area contributed by atoms with Crippen LogP contribution in [0.3, 0.4) is 0 Å². The fourth-order valence-corrected chi connectivity index (χ4v) is 2.64. The van der Waals surface area contributed by atoms with Crippen LogP contribution < -0.4 is 20.1 Å². The zero-order chi connectivity index (χ0) is 22.4. The smallest absolute Gasteiger partial charge is 0.421 e. The number of methoxy groups -OCH3 is 1. The Hall–Kier alpha value is -3.49. The van der Waals surface area contributed by atoms with Gasteiger partial charge in [0, 0.05) is 23.6 Å². The standard InChI is InChI=1S/C22H23F3N4O2/c1-4-14(2)31-17-10-8-15(9-11-17)28-21-26-13-19(22(23,24)25)20(29-21)27-16-6-5-7-18(12-16)30-3/h5-14H,4H2,1-3H3,(H2,26,27,28,29). The molecular weight excluding hydrogens is 409 g/mol. The molecule has 0 amide bonds. The predicted octanol–water partition coefficient (Wildman–Crippen LogP) is 6.17. The number of alkyl halides is 3. The molecule has 31 heavy (non-hydrogen) atoms. The molecule has 0 aliphatic heterocycles. The van der Waals surface area contributed by atoms with E-state index in [0.29, 0.717) is 22.9 Å². The minimum atomic E-state index is -4.62. The van der Waals surface area contributed by atoms with Crippen molar-refractivity contribution in [1.82, 2.24) is 9.97 Å². The Morgan fingerprint density at radius 1 is 1.00 bits per heavy atom. The van der Waals surface area contributed by atoms with Gasteiger partial charge in [-0.15, -0.1) is 0 Å². The van der Waals surface area contributed by atoms with Crippen molar-refractivity contribution in [2.45, 2.75) is 32.5 Å². The molecule has 164 valence electrons. The molecule has 1 unspecified atom stereocenters. The number of anilines is 4. The van der Waals surface area contributed by atoms with Gasteiger partial charge in [0.1, 0.15) is 22.9 Å². The van der Waals surface area contributed by atoms with Crippen molar-refractivity contribution in [3.05, 3.63) is 60.3 Å². The van der Waals surface area contributed by atoms with Gasteiger partial charge < -0.3 is 20.1 Å². The predicted molar refractivity (Wildman–Crippen MR) is 113 cm³/mol. The third-order valence-electron chi connectivity index (χ3n) is 4.45. The lowest BCUT2D eigenvalue weighted by Gasteiger charge is -2.16. The van der Waals surface area contributed by atoms with Gasteiger partial charge in [0.2, 0.25) is 5.95 Å². The van der Waals surface area contributed by atoms with Crippen LogP contribution in [-0.4, -0.2) is 23.2 Å². The zero-order valence-corrected chi connectivity index (χ0v) is 17.3. The summed E-state index contributed by atoms with van der Waals surface area (Å²) in [4.78, 5) is 7.87. The number of benzene rings is 2. The van der Waals surface area contributed by atoms with E-state index in [1.807, 2.05) is 13.8 Å². The van der Waals surface area contributed by atoms with Gasteiger partial charge in [-0.05, 0) is 49.7 Å². The Kier molecular flexibility index (Phi) is 6.84. The van der Waals surface area contributed by atoms with E-state index in [4.69, 9.17) is 9.47 Å². The van der Waals surface area contributed by atoms with E-state index < -0.39 is 11.7 Å². The summed E-state index contributed by atoms with van der Waals surface area (Å²) in [6, 6.07) is 13.6. The third-order valence-corrected chi connectivity index (χ3v) is 4.45. The van der Waals surface area contributed by atoms with E-state index in [-0.39, 0.29) is 17.9 Å². The lowest BCUT2D eigenvalue weighted by molar-refractivity contribution is -0.137. The van der Waals surface area contributed by atoms with Gasteiger partial charge in [0.25, 0.3) is 0 Å². The average molecular weight is 432 g/mol. The highest BCUT2D eigenvalue weighted by Gasteiger charge is 2.35. The summed E-state index contributed by atoms with van der Waals surface area (Å²) in [7, 11) is 1.48. The molecule has 3 aromatic rings. The van der Waals surface area contributed by atoms with Crippen LogP contribution in [0.25, 0.3) is 0 Å². The van der Waals surface area contributed by atoms with Gasteiger partial charge in [-0.25, -0.2) is 4.98 Å². The maximum atomic E-state index is 13.5. The van der Waals surface area contributed by atoms with Crippen molar-refractivity contribution in [2.75, 3.05) is 17.7 Å². The van der Waals surface area contributed by atoms with Crippen molar-refractivity contribution < 1.29 is 22.6 Å². The summed E-state index contributed by atoms with van der Waals surface area (Å²) in [5.41, 5.74) is 0.0443. The molecule has 0 bridgehead atoms. The van der Waals surface area contributed by atoms with E-state index in [0.717, 1.165) is 12.6 Å². The van der Waals surface area contributed by atoms with Gasteiger partial charge in [-0.1, -0.05) is 13.0 Å². The molecule has 1 heterocycles. The first-order chi connectivity index (χ1) is 14.8. The first-order valence-corrected chi connectivity index (χ1v) is 9.67. The monoisotopic (exact) mass is 432 g/mol. The first-order valence-electron chi connectivity index (χ1n) is 9.67. The maximum Gasteiger partial charge on any atom is 0.421 e. The number of rotatable bonds is 8. The quantitative estimate of drug-likeness (QED) is 0.444. The van der Waals surface area contributed by atoms with Crippen molar-refractivity contribution in [2.24, 2.45) is 0 Å². The van der Waals surface area contributed by atoms with E-state index >= 15 is 0 Å². The molecule has 0 aliphatic rings. The Labute approximate surface area is 178 Å². The molecule has 0 saturated carbocycles. The van der Waals surface area contributed by atoms with Crippen molar-refractivity contribution in [1.29, 1.82) is 0 Å². The number of ether oxygens (including phenoxy) is 2. The SMILES string of the molecule is CCC(C)Oc1ccc(Nc2ncc(C(F)(F)F)c(Nc3cccc(OC)c3)n2)cc1. The molecule has 0 saturated heterocycles. The van der Waals surface area contributed by atoms with Gasteiger partial charge >= 0.3 is 6.18 Å². The van der Waals surface area contributed by atoms with Gasteiger partial charge in [0.15, 0.2) is 0 Å². The molecule has 1 atom stereocenters. The Bertz CT molecular complexity index is 1010. The second-order valence-electron chi connectivity index (χ2n) is 6.80. The van der Waals surface area contributed by atoms with Gasteiger partial charge in [0.05, 0.1) is 13.2 Å². The van der Waals surface area contributed by atoms with Crippen LogP contribution in [0.1, 0.15) is 25.8 Å². The minimum absolute atomic E-state index is 0.0222. The zero-order valence-electron chi connectivity index (χ0n) is 17.3. The summed E-state index contributed by atoms with van der Waals surface area (Å²) in [6.45, 7) is 4.00.